The largest absolute Gasteiger partial charge is 0.380 e. The molecule has 2 amide bonds. The summed E-state index contributed by atoms with van der Waals surface area (Å²) in [5.74, 6) is 0.325. The molecule has 0 aliphatic carbocycles. The molecule has 0 saturated carbocycles. The fourth-order valence-electron chi connectivity index (χ4n) is 1.94. The third kappa shape index (κ3) is 4.89. The predicted molar refractivity (Wildman–Crippen MR) is 75.4 cm³/mol. The molecule has 1 aliphatic heterocycles. The average Bonchev–Trinajstić information content (AvgIpc) is 2.68. The summed E-state index contributed by atoms with van der Waals surface area (Å²) in [7, 11) is 0. The van der Waals surface area contributed by atoms with Gasteiger partial charge in [0.15, 0.2) is 0 Å². The Bertz CT molecular complexity index is 398. The fraction of sp³-hybridized carbons (Fsp3) is 0.500. The molecule has 0 aromatic heterocycles. The molecule has 5 heteroatoms. The number of urea groups is 1. The fourth-order valence-corrected chi connectivity index (χ4v) is 1.94. The van der Waals surface area contributed by atoms with E-state index in [4.69, 9.17) is 4.74 Å². The first-order valence-corrected chi connectivity index (χ1v) is 6.64. The summed E-state index contributed by atoms with van der Waals surface area (Å²) in [6.45, 7) is 5.83. The van der Waals surface area contributed by atoms with Crippen molar-refractivity contribution in [2.45, 2.75) is 6.92 Å². The van der Waals surface area contributed by atoms with E-state index in [9.17, 15) is 4.79 Å². The number of hydrogen-bond acceptors (Lipinski definition) is 3. The Kier molecular flexibility index (Phi) is 5.18. The third-order valence-electron chi connectivity index (χ3n) is 3.07. The molecule has 0 bridgehead atoms. The van der Waals surface area contributed by atoms with Crippen LogP contribution in [-0.2, 0) is 4.74 Å². The van der Waals surface area contributed by atoms with E-state index in [-0.39, 0.29) is 6.03 Å². The van der Waals surface area contributed by atoms with Crippen LogP contribution < -0.4 is 16.0 Å². The van der Waals surface area contributed by atoms with Crippen LogP contribution >= 0.6 is 0 Å². The molecule has 0 spiro atoms. The minimum Gasteiger partial charge on any atom is -0.380 e. The highest BCUT2D eigenvalue weighted by Crippen LogP contribution is 2.08. The second-order valence-electron chi connectivity index (χ2n) is 4.85. The zero-order chi connectivity index (χ0) is 13.5. The Balaban J connectivity index is 1.73. The summed E-state index contributed by atoms with van der Waals surface area (Å²) in [6, 6.07) is 7.56. The molecule has 3 N–H and O–H groups in total. The van der Waals surface area contributed by atoms with Gasteiger partial charge in [0, 0.05) is 31.2 Å². The van der Waals surface area contributed by atoms with Crippen molar-refractivity contribution in [3.63, 3.8) is 0 Å². The van der Waals surface area contributed by atoms with Crippen molar-refractivity contribution < 1.29 is 9.53 Å². The van der Waals surface area contributed by atoms with Crippen molar-refractivity contribution >= 4 is 11.7 Å². The lowest BCUT2D eigenvalue weighted by molar-refractivity contribution is 0.123. The minimum atomic E-state index is -0.173. The number of ether oxygens (including phenoxy) is 1. The summed E-state index contributed by atoms with van der Waals surface area (Å²) in [5, 5.41) is 8.97. The van der Waals surface area contributed by atoms with Gasteiger partial charge in [-0.25, -0.2) is 4.79 Å². The van der Waals surface area contributed by atoms with Crippen LogP contribution in [0.15, 0.2) is 24.3 Å². The molecule has 0 unspecified atom stereocenters. The van der Waals surface area contributed by atoms with Crippen molar-refractivity contribution in [3.8, 4) is 0 Å². The van der Waals surface area contributed by atoms with E-state index < -0.39 is 0 Å². The number of rotatable bonds is 3. The molecule has 0 radical (unpaired) electrons. The van der Waals surface area contributed by atoms with Crippen LogP contribution in [0.1, 0.15) is 5.56 Å². The maximum atomic E-state index is 11.7. The van der Waals surface area contributed by atoms with Crippen LogP contribution in [0.2, 0.25) is 0 Å². The highest BCUT2D eigenvalue weighted by atomic mass is 16.5. The Hall–Kier alpha value is -1.59. The first kappa shape index (κ1) is 13.8. The van der Waals surface area contributed by atoms with Gasteiger partial charge in [0.2, 0.25) is 0 Å². The molecule has 1 heterocycles. The molecule has 5 nitrogen and oxygen atoms in total. The van der Waals surface area contributed by atoms with Crippen LogP contribution in [0.4, 0.5) is 10.5 Å². The van der Waals surface area contributed by atoms with E-state index in [0.717, 1.165) is 25.4 Å². The number of hydrogen-bond donors (Lipinski definition) is 3. The van der Waals surface area contributed by atoms with E-state index in [0.29, 0.717) is 19.1 Å². The van der Waals surface area contributed by atoms with Crippen LogP contribution in [0.3, 0.4) is 0 Å². The summed E-state index contributed by atoms with van der Waals surface area (Å²) in [4.78, 5) is 11.7. The maximum absolute atomic E-state index is 11.7. The Morgan fingerprint density at radius 2 is 2.21 bits per heavy atom. The van der Waals surface area contributed by atoms with Crippen molar-refractivity contribution in [2.75, 3.05) is 38.2 Å². The van der Waals surface area contributed by atoms with Gasteiger partial charge in [-0.15, -0.1) is 0 Å². The van der Waals surface area contributed by atoms with E-state index in [2.05, 4.69) is 16.0 Å². The summed E-state index contributed by atoms with van der Waals surface area (Å²) in [5.41, 5.74) is 1.98. The predicted octanol–water partition coefficient (Wildman–Crippen LogP) is 1.35. The van der Waals surface area contributed by atoms with Gasteiger partial charge >= 0.3 is 6.03 Å². The number of nitrogens with one attached hydrogen (secondary N) is 3. The minimum absolute atomic E-state index is 0.173. The van der Waals surface area contributed by atoms with Gasteiger partial charge in [-0.2, -0.15) is 0 Å². The molecule has 104 valence electrons. The number of benzene rings is 1. The Labute approximate surface area is 113 Å². The lowest BCUT2D eigenvalue weighted by Crippen LogP contribution is -2.37. The van der Waals surface area contributed by atoms with Crippen LogP contribution in [-0.4, -0.2) is 38.9 Å². The van der Waals surface area contributed by atoms with Gasteiger partial charge in [-0.3, -0.25) is 0 Å². The highest BCUT2D eigenvalue weighted by molar-refractivity contribution is 5.89. The number of carbonyl (C=O) groups excluding carboxylic acids is 1. The van der Waals surface area contributed by atoms with Gasteiger partial charge in [0.25, 0.3) is 0 Å². The molecule has 1 aromatic carbocycles. The summed E-state index contributed by atoms with van der Waals surface area (Å²) in [6.07, 6.45) is 0. The van der Waals surface area contributed by atoms with Crippen molar-refractivity contribution in [2.24, 2.45) is 5.92 Å². The zero-order valence-corrected chi connectivity index (χ0v) is 11.2. The first-order valence-electron chi connectivity index (χ1n) is 6.64. The first-order chi connectivity index (χ1) is 9.24. The molecule has 1 saturated heterocycles. The van der Waals surface area contributed by atoms with Crippen LogP contribution in [0.5, 0.6) is 0 Å². The smallest absolute Gasteiger partial charge is 0.319 e. The summed E-state index contributed by atoms with van der Waals surface area (Å²) < 4.78 is 5.44. The Morgan fingerprint density at radius 1 is 1.42 bits per heavy atom. The van der Waals surface area contributed by atoms with Gasteiger partial charge in [0.1, 0.15) is 0 Å². The Morgan fingerprint density at radius 3 is 3.00 bits per heavy atom. The second kappa shape index (κ2) is 7.11. The average molecular weight is 263 g/mol. The van der Waals surface area contributed by atoms with Crippen molar-refractivity contribution in [1.82, 2.24) is 10.6 Å². The molecular weight excluding hydrogens is 242 g/mol. The number of aryl methyl sites for hydroxylation is 1. The van der Waals surface area contributed by atoms with Crippen molar-refractivity contribution in [3.05, 3.63) is 29.8 Å². The lowest BCUT2D eigenvalue weighted by atomic mass is 10.1. The van der Waals surface area contributed by atoms with Crippen LogP contribution in [0, 0.1) is 12.8 Å². The molecule has 1 fully saturated rings. The van der Waals surface area contributed by atoms with E-state index in [1.54, 1.807) is 0 Å². The van der Waals surface area contributed by atoms with Gasteiger partial charge in [-0.1, -0.05) is 17.7 Å². The quantitative estimate of drug-likeness (QED) is 0.771. The van der Waals surface area contributed by atoms with Gasteiger partial charge in [0.05, 0.1) is 13.2 Å². The summed E-state index contributed by atoms with van der Waals surface area (Å²) >= 11 is 0. The van der Waals surface area contributed by atoms with E-state index in [1.165, 1.54) is 5.56 Å². The molecular formula is C14H21N3O2. The third-order valence-corrected chi connectivity index (χ3v) is 3.07. The molecule has 2 rings (SSSR count). The standard InChI is InChI=1S/C14H21N3O2/c1-11-2-4-13(5-3-11)17-14(18)16-9-12-8-15-6-7-19-10-12/h2-5,12,15H,6-10H2,1H3,(H2,16,17,18)/t12-/m0/s1. The second-order valence-corrected chi connectivity index (χ2v) is 4.85. The molecule has 1 atom stereocenters. The number of amides is 2. The molecule has 19 heavy (non-hydrogen) atoms. The van der Waals surface area contributed by atoms with Crippen LogP contribution in [0.25, 0.3) is 0 Å². The zero-order valence-electron chi connectivity index (χ0n) is 11.2. The maximum Gasteiger partial charge on any atom is 0.319 e. The molecule has 1 aliphatic rings. The monoisotopic (exact) mass is 263 g/mol. The van der Waals surface area contributed by atoms with Crippen molar-refractivity contribution in [1.29, 1.82) is 0 Å². The highest BCUT2D eigenvalue weighted by Gasteiger charge is 2.13. The van der Waals surface area contributed by atoms with E-state index >= 15 is 0 Å². The number of anilines is 1. The molecule has 1 aromatic rings. The van der Waals surface area contributed by atoms with E-state index in [1.807, 2.05) is 31.2 Å². The SMILES string of the molecule is Cc1ccc(NC(=O)NC[C@@H]2CNCCOC2)cc1. The normalized spacial score (nSPS) is 19.5. The number of carbonyl (C=O) groups is 1. The topological polar surface area (TPSA) is 62.4 Å². The van der Waals surface area contributed by atoms with Gasteiger partial charge in [-0.05, 0) is 19.1 Å². The van der Waals surface area contributed by atoms with Gasteiger partial charge < -0.3 is 20.7 Å². The lowest BCUT2D eigenvalue weighted by Gasteiger charge is -2.15.